The van der Waals surface area contributed by atoms with E-state index in [0.717, 1.165) is 6.07 Å². The van der Waals surface area contributed by atoms with E-state index in [1.165, 1.54) is 13.0 Å². The summed E-state index contributed by atoms with van der Waals surface area (Å²) in [5.41, 5.74) is -0.779. The number of esters is 1. The van der Waals surface area contributed by atoms with Crippen LogP contribution in [-0.4, -0.2) is 36.2 Å². The fraction of sp³-hybridized carbons (Fsp3) is 0.304. The Labute approximate surface area is 198 Å². The number of Topliss-reactive ketones (excluding diaryl/α,β-unsaturated/α-hetero) is 1. The van der Waals surface area contributed by atoms with Crippen molar-refractivity contribution < 1.29 is 37.1 Å². The summed E-state index contributed by atoms with van der Waals surface area (Å²) in [6.07, 6.45) is -6.28. The number of rotatable bonds is 10. The molecule has 0 aromatic heterocycles. The van der Waals surface area contributed by atoms with Crippen LogP contribution in [0.2, 0.25) is 5.02 Å². The van der Waals surface area contributed by atoms with Crippen LogP contribution in [0.25, 0.3) is 0 Å². The van der Waals surface area contributed by atoms with Crippen LogP contribution in [0.1, 0.15) is 42.1 Å². The average Bonchev–Trinajstić information content (AvgIpc) is 2.78. The Balaban J connectivity index is 1.72. The van der Waals surface area contributed by atoms with Crippen LogP contribution >= 0.6 is 11.6 Å². The molecule has 0 bridgehead atoms. The van der Waals surface area contributed by atoms with Crippen molar-refractivity contribution in [2.45, 2.75) is 38.5 Å². The summed E-state index contributed by atoms with van der Waals surface area (Å²) in [5, 5.41) is 4.18. The fourth-order valence-corrected chi connectivity index (χ4v) is 2.99. The molecule has 0 saturated carbocycles. The molecule has 2 amide bonds. The van der Waals surface area contributed by atoms with Gasteiger partial charge in [0.2, 0.25) is 5.91 Å². The van der Waals surface area contributed by atoms with E-state index in [0.29, 0.717) is 11.6 Å². The Bertz CT molecular complexity index is 1040. The van der Waals surface area contributed by atoms with E-state index in [-0.39, 0.29) is 37.3 Å². The van der Waals surface area contributed by atoms with E-state index in [1.54, 1.807) is 30.3 Å². The summed E-state index contributed by atoms with van der Waals surface area (Å²) in [6, 6.07) is 11.4. The zero-order chi connectivity index (χ0) is 25.3. The smallest absolute Gasteiger partial charge is 0.417 e. The number of ketones is 1. The molecule has 0 heterocycles. The lowest BCUT2D eigenvalue weighted by molar-refractivity contribution is -0.153. The van der Waals surface area contributed by atoms with Crippen LogP contribution < -0.4 is 10.6 Å². The molecule has 0 spiro atoms. The molecule has 2 N–H and O–H groups in total. The third-order valence-electron chi connectivity index (χ3n) is 4.54. The highest BCUT2D eigenvalue weighted by atomic mass is 35.5. The van der Waals surface area contributed by atoms with Crippen LogP contribution in [0.3, 0.4) is 0 Å². The molecule has 0 fully saturated rings. The Morgan fingerprint density at radius 3 is 2.32 bits per heavy atom. The third-order valence-corrected chi connectivity index (χ3v) is 4.87. The number of hydrogen-bond donors (Lipinski definition) is 2. The molecule has 0 aliphatic heterocycles. The van der Waals surface area contributed by atoms with Crippen molar-refractivity contribution in [2.75, 3.05) is 11.9 Å². The first-order valence-corrected chi connectivity index (χ1v) is 10.6. The van der Waals surface area contributed by atoms with Crippen LogP contribution in [0.5, 0.6) is 0 Å². The highest BCUT2D eigenvalue weighted by Crippen LogP contribution is 2.36. The van der Waals surface area contributed by atoms with Gasteiger partial charge in [-0.1, -0.05) is 41.9 Å². The molecule has 0 aliphatic carbocycles. The molecule has 1 atom stereocenters. The summed E-state index contributed by atoms with van der Waals surface area (Å²) in [6.45, 7) is 1.18. The minimum Gasteiger partial charge on any atom is -0.452 e. The number of anilines is 1. The second kappa shape index (κ2) is 12.2. The van der Waals surface area contributed by atoms with Gasteiger partial charge in [0.25, 0.3) is 5.91 Å². The van der Waals surface area contributed by atoms with Crippen molar-refractivity contribution in [3.05, 3.63) is 64.7 Å². The zero-order valence-electron chi connectivity index (χ0n) is 18.1. The predicted octanol–water partition coefficient (Wildman–Crippen LogP) is 4.40. The van der Waals surface area contributed by atoms with E-state index in [9.17, 15) is 32.3 Å². The Kier molecular flexibility index (Phi) is 9.61. The van der Waals surface area contributed by atoms with Crippen LogP contribution in [-0.2, 0) is 25.3 Å². The van der Waals surface area contributed by atoms with Crippen molar-refractivity contribution in [1.29, 1.82) is 0 Å². The number of alkyl halides is 3. The number of amides is 2. The lowest BCUT2D eigenvalue weighted by atomic mass is 10.1. The number of ether oxygens (including phenoxy) is 1. The van der Waals surface area contributed by atoms with Crippen molar-refractivity contribution in [3.8, 4) is 0 Å². The molecule has 34 heavy (non-hydrogen) atoms. The van der Waals surface area contributed by atoms with Gasteiger partial charge < -0.3 is 15.4 Å². The standard InChI is InChI=1S/C23H22ClF3N2O5/c1-14(22(33)29-16-7-8-18(24)17(13-16)23(25,26)27)34-21(32)11-12-28-20(31)10-9-19(30)15-5-3-2-4-6-15/h2-8,13-14H,9-12H2,1H3,(H,28,31)(H,29,33). The molecule has 1 unspecified atom stereocenters. The maximum atomic E-state index is 12.9. The van der Waals surface area contributed by atoms with E-state index < -0.39 is 40.7 Å². The van der Waals surface area contributed by atoms with Gasteiger partial charge in [-0.05, 0) is 25.1 Å². The summed E-state index contributed by atoms with van der Waals surface area (Å²) >= 11 is 5.53. The SMILES string of the molecule is CC(OC(=O)CCNC(=O)CCC(=O)c1ccccc1)C(=O)Nc1ccc(Cl)c(C(F)(F)F)c1. The molecule has 2 rings (SSSR count). The van der Waals surface area contributed by atoms with Crippen LogP contribution in [0, 0.1) is 0 Å². The molecule has 0 saturated heterocycles. The number of nitrogens with one attached hydrogen (secondary N) is 2. The van der Waals surface area contributed by atoms with Crippen LogP contribution in [0.4, 0.5) is 18.9 Å². The van der Waals surface area contributed by atoms with Gasteiger partial charge in [-0.3, -0.25) is 19.2 Å². The van der Waals surface area contributed by atoms with Crippen LogP contribution in [0.15, 0.2) is 48.5 Å². The van der Waals surface area contributed by atoms with Gasteiger partial charge in [-0.15, -0.1) is 0 Å². The number of benzene rings is 2. The molecule has 11 heteroatoms. The van der Waals surface area contributed by atoms with Crippen molar-refractivity contribution in [2.24, 2.45) is 0 Å². The Hall–Kier alpha value is -3.40. The highest BCUT2D eigenvalue weighted by Gasteiger charge is 2.33. The summed E-state index contributed by atoms with van der Waals surface area (Å²) in [4.78, 5) is 47.9. The monoisotopic (exact) mass is 498 g/mol. The minimum atomic E-state index is -4.70. The van der Waals surface area contributed by atoms with E-state index >= 15 is 0 Å². The van der Waals surface area contributed by atoms with Crippen molar-refractivity contribution in [3.63, 3.8) is 0 Å². The van der Waals surface area contributed by atoms with E-state index in [4.69, 9.17) is 16.3 Å². The summed E-state index contributed by atoms with van der Waals surface area (Å²) < 4.78 is 43.7. The number of hydrogen-bond acceptors (Lipinski definition) is 5. The fourth-order valence-electron chi connectivity index (χ4n) is 2.76. The Morgan fingerprint density at radius 1 is 1.00 bits per heavy atom. The molecule has 2 aromatic rings. The van der Waals surface area contributed by atoms with Gasteiger partial charge >= 0.3 is 12.1 Å². The van der Waals surface area contributed by atoms with Gasteiger partial charge in [0.05, 0.1) is 17.0 Å². The zero-order valence-corrected chi connectivity index (χ0v) is 18.8. The molecule has 0 radical (unpaired) electrons. The molecule has 0 aliphatic rings. The van der Waals surface area contributed by atoms with E-state index in [2.05, 4.69) is 10.6 Å². The molecule has 182 valence electrons. The lowest BCUT2D eigenvalue weighted by Gasteiger charge is -2.15. The quantitative estimate of drug-likeness (QED) is 0.373. The second-order valence-electron chi connectivity index (χ2n) is 7.20. The van der Waals surface area contributed by atoms with Crippen molar-refractivity contribution >= 4 is 40.9 Å². The van der Waals surface area contributed by atoms with Gasteiger partial charge in [0.1, 0.15) is 0 Å². The number of carbonyl (C=O) groups excluding carboxylic acids is 4. The van der Waals surface area contributed by atoms with Crippen molar-refractivity contribution in [1.82, 2.24) is 5.32 Å². The Morgan fingerprint density at radius 2 is 1.68 bits per heavy atom. The third kappa shape index (κ3) is 8.51. The largest absolute Gasteiger partial charge is 0.452 e. The summed E-state index contributed by atoms with van der Waals surface area (Å²) in [5.74, 6) is -2.24. The average molecular weight is 499 g/mol. The first-order valence-electron chi connectivity index (χ1n) is 10.2. The topological polar surface area (TPSA) is 102 Å². The maximum Gasteiger partial charge on any atom is 0.417 e. The van der Waals surface area contributed by atoms with Gasteiger partial charge in [-0.25, -0.2) is 0 Å². The second-order valence-corrected chi connectivity index (χ2v) is 7.61. The highest BCUT2D eigenvalue weighted by molar-refractivity contribution is 6.31. The van der Waals surface area contributed by atoms with Gasteiger partial charge in [-0.2, -0.15) is 13.2 Å². The molecule has 2 aromatic carbocycles. The normalized spacial score (nSPS) is 11.9. The molecule has 7 nitrogen and oxygen atoms in total. The predicted molar refractivity (Wildman–Crippen MR) is 118 cm³/mol. The first-order chi connectivity index (χ1) is 16.0. The maximum absolute atomic E-state index is 12.9. The molecular formula is C23H22ClF3N2O5. The first kappa shape index (κ1) is 26.8. The van der Waals surface area contributed by atoms with Gasteiger partial charge in [0.15, 0.2) is 11.9 Å². The number of halogens is 4. The summed E-state index contributed by atoms with van der Waals surface area (Å²) in [7, 11) is 0. The van der Waals surface area contributed by atoms with Gasteiger partial charge in [0, 0.05) is 30.6 Å². The minimum absolute atomic E-state index is 0.0122. The number of carbonyl (C=O) groups is 4. The molecular weight excluding hydrogens is 477 g/mol. The lowest BCUT2D eigenvalue weighted by Crippen LogP contribution is -2.32. The van der Waals surface area contributed by atoms with E-state index in [1.807, 2.05) is 0 Å².